The molecule has 0 aliphatic rings. The monoisotopic (exact) mass is 197 g/mol. The Morgan fingerprint density at radius 1 is 1.64 bits per heavy atom. The number of nitrogens with one attached hydrogen (secondary N) is 2. The molecule has 0 fully saturated rings. The maximum absolute atomic E-state index is 11.1. The minimum Gasteiger partial charge on any atom is -0.356 e. The molecule has 0 unspecified atom stereocenters. The van der Waals surface area contributed by atoms with Crippen molar-refractivity contribution in [3.63, 3.8) is 0 Å². The summed E-state index contributed by atoms with van der Waals surface area (Å²) >= 11 is 0. The van der Waals surface area contributed by atoms with Crippen molar-refractivity contribution in [2.45, 2.75) is 19.0 Å². The summed E-state index contributed by atoms with van der Waals surface area (Å²) in [4.78, 5) is 18.0. The Labute approximate surface area is 82.1 Å². The van der Waals surface area contributed by atoms with Crippen molar-refractivity contribution in [2.24, 2.45) is 11.5 Å². The van der Waals surface area contributed by atoms with Gasteiger partial charge in [0.2, 0.25) is 5.91 Å². The molecule has 1 rings (SSSR count). The van der Waals surface area contributed by atoms with Crippen molar-refractivity contribution in [2.75, 3.05) is 6.54 Å². The van der Waals surface area contributed by atoms with Gasteiger partial charge in [-0.1, -0.05) is 0 Å². The largest absolute Gasteiger partial charge is 0.356 e. The van der Waals surface area contributed by atoms with E-state index in [1.165, 1.54) is 0 Å². The number of rotatable bonds is 5. The first kappa shape index (κ1) is 10.7. The van der Waals surface area contributed by atoms with Crippen molar-refractivity contribution < 1.29 is 4.79 Å². The lowest BCUT2D eigenvalue weighted by atomic mass is 10.3. The second-order valence-electron chi connectivity index (χ2n) is 3.00. The van der Waals surface area contributed by atoms with E-state index in [1.807, 2.05) is 0 Å². The molecule has 1 heterocycles. The molecule has 0 aliphatic heterocycles. The van der Waals surface area contributed by atoms with Gasteiger partial charge in [0.1, 0.15) is 5.82 Å². The Kier molecular flexibility index (Phi) is 4.09. The number of carbonyl (C=O) groups excluding carboxylic acids is 1. The summed E-state index contributed by atoms with van der Waals surface area (Å²) in [6.45, 7) is 0.541. The summed E-state index contributed by atoms with van der Waals surface area (Å²) < 4.78 is 0. The molecule has 14 heavy (non-hydrogen) atoms. The predicted octanol–water partition coefficient (Wildman–Crippen LogP) is -1.30. The third-order valence-corrected chi connectivity index (χ3v) is 1.66. The molecule has 0 saturated carbocycles. The Hall–Kier alpha value is -1.40. The molecule has 0 saturated heterocycles. The third kappa shape index (κ3) is 4.01. The fourth-order valence-corrected chi connectivity index (χ4v) is 1.04. The normalized spacial score (nSPS) is 10.5. The fraction of sp³-hybridized carbons (Fsp3) is 0.500. The summed E-state index contributed by atoms with van der Waals surface area (Å²) in [5, 5.41) is 2.69. The molecular weight excluding hydrogens is 182 g/mol. The van der Waals surface area contributed by atoms with E-state index in [-0.39, 0.29) is 12.3 Å². The number of nitrogens with two attached hydrogens (primary N) is 2. The zero-order valence-corrected chi connectivity index (χ0v) is 7.86. The third-order valence-electron chi connectivity index (χ3n) is 1.66. The van der Waals surface area contributed by atoms with Crippen LogP contribution in [0.3, 0.4) is 0 Å². The molecular formula is C8H15N5O. The van der Waals surface area contributed by atoms with Gasteiger partial charge in [0.25, 0.3) is 0 Å². The van der Waals surface area contributed by atoms with Gasteiger partial charge in [-0.25, -0.2) is 4.98 Å². The Morgan fingerprint density at radius 3 is 3.00 bits per heavy atom. The Balaban J connectivity index is 2.12. The van der Waals surface area contributed by atoms with Gasteiger partial charge in [-0.3, -0.25) is 4.79 Å². The van der Waals surface area contributed by atoms with Gasteiger partial charge in [0, 0.05) is 25.4 Å². The van der Waals surface area contributed by atoms with E-state index in [0.29, 0.717) is 13.0 Å². The summed E-state index contributed by atoms with van der Waals surface area (Å²) in [6, 6.07) is 0. The van der Waals surface area contributed by atoms with Gasteiger partial charge in [0.05, 0.1) is 12.6 Å². The predicted molar refractivity (Wildman–Crippen MR) is 52.1 cm³/mol. The molecule has 6 heteroatoms. The summed E-state index contributed by atoms with van der Waals surface area (Å²) in [6.07, 6.45) is 3.66. The maximum atomic E-state index is 11.1. The minimum absolute atomic E-state index is 0.133. The van der Waals surface area contributed by atoms with Crippen molar-refractivity contribution in [1.29, 1.82) is 0 Å². The first-order valence-electron chi connectivity index (χ1n) is 4.44. The molecule has 1 amide bonds. The van der Waals surface area contributed by atoms with Gasteiger partial charge in [-0.15, -0.1) is 0 Å². The van der Waals surface area contributed by atoms with Crippen LogP contribution >= 0.6 is 0 Å². The van der Waals surface area contributed by atoms with Crippen LogP contribution in [0.25, 0.3) is 0 Å². The lowest BCUT2D eigenvalue weighted by molar-refractivity contribution is -0.121. The van der Waals surface area contributed by atoms with Crippen molar-refractivity contribution in [3.8, 4) is 0 Å². The van der Waals surface area contributed by atoms with Crippen LogP contribution in [0, 0.1) is 0 Å². The summed E-state index contributed by atoms with van der Waals surface area (Å²) in [5.74, 6) is 0.717. The van der Waals surface area contributed by atoms with E-state index < -0.39 is 6.17 Å². The van der Waals surface area contributed by atoms with Crippen molar-refractivity contribution in [3.05, 3.63) is 18.2 Å². The summed E-state index contributed by atoms with van der Waals surface area (Å²) in [7, 11) is 0. The van der Waals surface area contributed by atoms with Crippen LogP contribution in [0.5, 0.6) is 0 Å². The summed E-state index contributed by atoms with van der Waals surface area (Å²) in [5.41, 5.74) is 10.5. The van der Waals surface area contributed by atoms with E-state index in [2.05, 4.69) is 15.3 Å². The number of carbonyl (C=O) groups is 1. The highest BCUT2D eigenvalue weighted by molar-refractivity contribution is 5.76. The molecule has 0 aromatic carbocycles. The van der Waals surface area contributed by atoms with E-state index in [0.717, 1.165) is 5.82 Å². The second-order valence-corrected chi connectivity index (χ2v) is 3.00. The van der Waals surface area contributed by atoms with E-state index in [1.54, 1.807) is 12.4 Å². The molecule has 0 spiro atoms. The molecule has 1 aromatic rings. The highest BCUT2D eigenvalue weighted by Crippen LogP contribution is 1.88. The van der Waals surface area contributed by atoms with Gasteiger partial charge >= 0.3 is 0 Å². The van der Waals surface area contributed by atoms with Crippen LogP contribution in [0.2, 0.25) is 0 Å². The van der Waals surface area contributed by atoms with Gasteiger partial charge < -0.3 is 21.8 Å². The Morgan fingerprint density at radius 2 is 2.43 bits per heavy atom. The van der Waals surface area contributed by atoms with E-state index in [9.17, 15) is 4.79 Å². The molecule has 6 nitrogen and oxygen atoms in total. The highest BCUT2D eigenvalue weighted by atomic mass is 16.1. The zero-order chi connectivity index (χ0) is 10.4. The molecule has 0 bridgehead atoms. The number of H-pyrrole nitrogens is 1. The lowest BCUT2D eigenvalue weighted by Crippen LogP contribution is -2.38. The first-order valence-corrected chi connectivity index (χ1v) is 4.44. The Bertz CT molecular complexity index is 269. The van der Waals surface area contributed by atoms with E-state index >= 15 is 0 Å². The van der Waals surface area contributed by atoms with Gasteiger partial charge in [-0.05, 0) is 0 Å². The highest BCUT2D eigenvalue weighted by Gasteiger charge is 2.04. The molecule has 0 aliphatic carbocycles. The van der Waals surface area contributed by atoms with Gasteiger partial charge in [0.15, 0.2) is 0 Å². The van der Waals surface area contributed by atoms with Crippen LogP contribution in [0.15, 0.2) is 12.4 Å². The quantitative estimate of drug-likeness (QED) is 0.440. The van der Waals surface area contributed by atoms with Crippen LogP contribution in [0.4, 0.5) is 0 Å². The molecule has 78 valence electrons. The SMILES string of the molecule is NC(N)CC(=O)NCCc1ncc[nH]1. The van der Waals surface area contributed by atoms with Crippen LogP contribution < -0.4 is 16.8 Å². The molecule has 1 aromatic heterocycles. The number of aromatic amines is 1. The number of hydrogen-bond donors (Lipinski definition) is 4. The number of aromatic nitrogens is 2. The van der Waals surface area contributed by atoms with E-state index in [4.69, 9.17) is 11.5 Å². The molecule has 6 N–H and O–H groups in total. The average Bonchev–Trinajstić information content (AvgIpc) is 2.55. The van der Waals surface area contributed by atoms with Crippen molar-refractivity contribution in [1.82, 2.24) is 15.3 Å². The van der Waals surface area contributed by atoms with Crippen LogP contribution in [-0.2, 0) is 11.2 Å². The smallest absolute Gasteiger partial charge is 0.222 e. The molecule has 0 radical (unpaired) electrons. The standard InChI is InChI=1S/C8H15N5O/c9-6(10)5-8(14)13-2-1-7-11-3-4-12-7/h3-4,6H,1-2,5,9-10H2,(H,11,12)(H,13,14). The topological polar surface area (TPSA) is 110 Å². The lowest BCUT2D eigenvalue weighted by Gasteiger charge is -2.05. The number of amides is 1. The number of imidazole rings is 1. The van der Waals surface area contributed by atoms with Crippen LogP contribution in [0.1, 0.15) is 12.2 Å². The second kappa shape index (κ2) is 5.36. The van der Waals surface area contributed by atoms with Crippen molar-refractivity contribution >= 4 is 5.91 Å². The average molecular weight is 197 g/mol. The number of hydrogen-bond acceptors (Lipinski definition) is 4. The maximum Gasteiger partial charge on any atom is 0.222 e. The fourth-order valence-electron chi connectivity index (χ4n) is 1.04. The molecule has 0 atom stereocenters. The zero-order valence-electron chi connectivity index (χ0n) is 7.86. The van der Waals surface area contributed by atoms with Gasteiger partial charge in [-0.2, -0.15) is 0 Å². The minimum atomic E-state index is -0.585. The number of nitrogens with zero attached hydrogens (tertiary/aromatic N) is 1. The van der Waals surface area contributed by atoms with Crippen LogP contribution in [-0.4, -0.2) is 28.6 Å². The first-order chi connectivity index (χ1) is 6.68.